The molecular formula is C20H40KNO4S. The largest absolute Gasteiger partial charge is 1.00 e. The van der Waals surface area contributed by atoms with E-state index in [4.69, 9.17) is 0 Å². The molecule has 27 heavy (non-hydrogen) atoms. The van der Waals surface area contributed by atoms with Gasteiger partial charge in [0.1, 0.15) is 0 Å². The van der Waals surface area contributed by atoms with E-state index in [2.05, 4.69) is 6.92 Å². The summed E-state index contributed by atoms with van der Waals surface area (Å²) in [5.74, 6) is -0.226. The molecule has 0 radical (unpaired) electrons. The summed E-state index contributed by atoms with van der Waals surface area (Å²) in [5.41, 5.74) is 0. The van der Waals surface area contributed by atoms with E-state index in [0.717, 1.165) is 12.8 Å². The van der Waals surface area contributed by atoms with Gasteiger partial charge in [-0.15, -0.1) is 0 Å². The minimum absolute atomic E-state index is 0. The Bertz CT molecular complexity index is 443. The van der Waals surface area contributed by atoms with Crippen molar-refractivity contribution < 1.29 is 69.1 Å². The van der Waals surface area contributed by atoms with Gasteiger partial charge < -0.3 is 9.45 Å². The van der Waals surface area contributed by atoms with Crippen LogP contribution in [0, 0.1) is 0 Å². The number of rotatable bonds is 18. The Kier molecular flexibility index (Phi) is 22.7. The molecule has 0 spiro atoms. The number of carbonyl (C=O) groups is 1. The van der Waals surface area contributed by atoms with Crippen LogP contribution in [0.5, 0.6) is 0 Å². The van der Waals surface area contributed by atoms with Gasteiger partial charge in [-0.25, -0.2) is 8.42 Å². The van der Waals surface area contributed by atoms with E-state index >= 15 is 0 Å². The summed E-state index contributed by atoms with van der Waals surface area (Å²) in [4.78, 5) is 13.6. The van der Waals surface area contributed by atoms with Crippen LogP contribution in [0.3, 0.4) is 0 Å². The summed E-state index contributed by atoms with van der Waals surface area (Å²) in [6.07, 6.45) is 16.8. The van der Waals surface area contributed by atoms with Crippen molar-refractivity contribution in [1.29, 1.82) is 0 Å². The van der Waals surface area contributed by atoms with Crippen molar-refractivity contribution in [1.82, 2.24) is 4.90 Å². The Morgan fingerprint density at radius 2 is 1.22 bits per heavy atom. The van der Waals surface area contributed by atoms with Crippen LogP contribution in [0.4, 0.5) is 0 Å². The Balaban J connectivity index is 0. The second-order valence-corrected chi connectivity index (χ2v) is 8.95. The van der Waals surface area contributed by atoms with Crippen molar-refractivity contribution in [2.75, 3.05) is 19.3 Å². The summed E-state index contributed by atoms with van der Waals surface area (Å²) < 4.78 is 31.5. The second-order valence-electron chi connectivity index (χ2n) is 7.42. The smallest absolute Gasteiger partial charge is 0.748 e. The van der Waals surface area contributed by atoms with Crippen LogP contribution >= 0.6 is 0 Å². The number of amides is 1. The predicted molar refractivity (Wildman–Crippen MR) is 107 cm³/mol. The zero-order valence-corrected chi connectivity index (χ0v) is 21.9. The molecule has 0 heterocycles. The average Bonchev–Trinajstić information content (AvgIpc) is 2.58. The van der Waals surface area contributed by atoms with Crippen molar-refractivity contribution in [3.63, 3.8) is 0 Å². The molecule has 0 bridgehead atoms. The van der Waals surface area contributed by atoms with Gasteiger partial charge in [-0.3, -0.25) is 4.79 Å². The molecule has 0 atom stereocenters. The Morgan fingerprint density at radius 1 is 0.778 bits per heavy atom. The molecule has 0 fully saturated rings. The molecule has 0 aliphatic carbocycles. The van der Waals surface area contributed by atoms with Gasteiger partial charge in [-0.2, -0.15) is 0 Å². The first-order valence-corrected chi connectivity index (χ1v) is 12.1. The summed E-state index contributed by atoms with van der Waals surface area (Å²) in [6, 6.07) is 0. The quantitative estimate of drug-likeness (QED) is 0.189. The van der Waals surface area contributed by atoms with Crippen LogP contribution in [0.15, 0.2) is 0 Å². The Hall–Kier alpha value is 1.02. The molecule has 0 aliphatic heterocycles. The van der Waals surface area contributed by atoms with E-state index in [1.807, 2.05) is 0 Å². The second kappa shape index (κ2) is 20.3. The van der Waals surface area contributed by atoms with Gasteiger partial charge in [-0.05, 0) is 19.3 Å². The van der Waals surface area contributed by atoms with Crippen LogP contribution in [0.2, 0.25) is 0 Å². The minimum atomic E-state index is -4.13. The maximum absolute atomic E-state index is 12.0. The third kappa shape index (κ3) is 23.2. The van der Waals surface area contributed by atoms with Gasteiger partial charge in [0.25, 0.3) is 0 Å². The third-order valence-corrected chi connectivity index (χ3v) is 5.60. The molecule has 0 aromatic heterocycles. The number of nitrogens with zero attached hydrogens (tertiary/aromatic N) is 1. The maximum Gasteiger partial charge on any atom is 1.00 e. The topological polar surface area (TPSA) is 77.5 Å². The molecule has 7 heteroatoms. The number of hydrogen-bond acceptors (Lipinski definition) is 4. The molecule has 0 saturated carbocycles. The Labute approximate surface area is 210 Å². The molecule has 0 aromatic carbocycles. The number of unbranched alkanes of at least 4 members (excludes halogenated alkanes) is 12. The summed E-state index contributed by atoms with van der Waals surface area (Å²) in [7, 11) is -2.39. The van der Waals surface area contributed by atoms with E-state index < -0.39 is 10.1 Å². The molecule has 0 aromatic rings. The first-order chi connectivity index (χ1) is 12.4. The minimum Gasteiger partial charge on any atom is -0.748 e. The molecule has 5 nitrogen and oxygen atoms in total. The first kappa shape index (κ1) is 30.2. The van der Waals surface area contributed by atoms with Crippen molar-refractivity contribution >= 4 is 16.0 Å². The fourth-order valence-electron chi connectivity index (χ4n) is 3.06. The molecule has 0 N–H and O–H groups in total. The molecule has 1 amide bonds. The van der Waals surface area contributed by atoms with Gasteiger partial charge >= 0.3 is 51.4 Å². The van der Waals surface area contributed by atoms with E-state index in [-0.39, 0.29) is 63.0 Å². The van der Waals surface area contributed by atoms with Crippen molar-refractivity contribution in [2.24, 2.45) is 0 Å². The van der Waals surface area contributed by atoms with Crippen LogP contribution < -0.4 is 51.4 Å². The average molecular weight is 430 g/mol. The fourth-order valence-corrected chi connectivity index (χ4v) is 3.62. The van der Waals surface area contributed by atoms with Gasteiger partial charge in [0.15, 0.2) is 0 Å². The van der Waals surface area contributed by atoms with Crippen LogP contribution in [-0.2, 0) is 14.9 Å². The molecule has 0 saturated heterocycles. The van der Waals surface area contributed by atoms with E-state index in [1.165, 1.54) is 64.2 Å². The molecule has 0 aliphatic rings. The van der Waals surface area contributed by atoms with Crippen molar-refractivity contribution in [3.05, 3.63) is 0 Å². The fraction of sp³-hybridized carbons (Fsp3) is 0.950. The van der Waals surface area contributed by atoms with Gasteiger partial charge in [-0.1, -0.05) is 77.6 Å². The summed E-state index contributed by atoms with van der Waals surface area (Å²) in [5, 5.41) is 0. The Morgan fingerprint density at radius 3 is 1.67 bits per heavy atom. The van der Waals surface area contributed by atoms with Gasteiger partial charge in [0.05, 0.1) is 10.1 Å². The SMILES string of the molecule is CCCCCCCCCCCCCCC(=O)N(C)CCCCS(=O)(=O)[O-].[K+]. The van der Waals surface area contributed by atoms with Crippen LogP contribution in [0.1, 0.15) is 103 Å². The third-order valence-electron chi connectivity index (χ3n) is 4.81. The van der Waals surface area contributed by atoms with E-state index in [0.29, 0.717) is 25.8 Å². The predicted octanol–water partition coefficient (Wildman–Crippen LogP) is 1.87. The van der Waals surface area contributed by atoms with Gasteiger partial charge in [0.2, 0.25) is 5.91 Å². The van der Waals surface area contributed by atoms with Gasteiger partial charge in [0, 0.05) is 25.8 Å². The van der Waals surface area contributed by atoms with Crippen LogP contribution in [-0.4, -0.2) is 43.1 Å². The molecule has 156 valence electrons. The zero-order valence-electron chi connectivity index (χ0n) is 18.0. The summed E-state index contributed by atoms with van der Waals surface area (Å²) >= 11 is 0. The van der Waals surface area contributed by atoms with E-state index in [1.54, 1.807) is 11.9 Å². The maximum atomic E-state index is 12.0. The summed E-state index contributed by atoms with van der Waals surface area (Å²) in [6.45, 7) is 2.77. The van der Waals surface area contributed by atoms with E-state index in [9.17, 15) is 17.8 Å². The van der Waals surface area contributed by atoms with Crippen LogP contribution in [0.25, 0.3) is 0 Å². The van der Waals surface area contributed by atoms with Crippen molar-refractivity contribution in [2.45, 2.75) is 103 Å². The standard InChI is InChI=1S/C20H41NO4S.K/c1-3-4-5-6-7-8-9-10-11-12-13-14-17-20(22)21(2)18-15-16-19-26(23,24)25;/h3-19H2,1-2H3,(H,23,24,25);/q;+1/p-1. The normalized spacial score (nSPS) is 11.2. The van der Waals surface area contributed by atoms with Crippen molar-refractivity contribution in [3.8, 4) is 0 Å². The molecular weight excluding hydrogens is 389 g/mol. The molecule has 0 unspecified atom stereocenters. The number of hydrogen-bond donors (Lipinski definition) is 0. The first-order valence-electron chi connectivity index (χ1n) is 10.5. The number of carbonyl (C=O) groups excluding carboxylic acids is 1. The zero-order chi connectivity index (χ0) is 19.7. The molecule has 0 rings (SSSR count). The monoisotopic (exact) mass is 429 g/mol.